The van der Waals surface area contributed by atoms with E-state index in [-0.39, 0.29) is 0 Å². The maximum atomic E-state index is 12.2. The van der Waals surface area contributed by atoms with E-state index in [0.717, 1.165) is 47.1 Å². The first kappa shape index (κ1) is 16.1. The molecule has 130 valence electrons. The minimum Gasteiger partial charge on any atom is -0.356 e. The van der Waals surface area contributed by atoms with Crippen LogP contribution in [0.25, 0.3) is 11.0 Å². The van der Waals surface area contributed by atoms with E-state index in [0.29, 0.717) is 12.0 Å². The summed E-state index contributed by atoms with van der Waals surface area (Å²) in [6.45, 7) is 0. The van der Waals surface area contributed by atoms with Crippen LogP contribution in [0.1, 0.15) is 38.5 Å². The van der Waals surface area contributed by atoms with E-state index in [1.54, 1.807) is 6.33 Å². The lowest BCUT2D eigenvalue weighted by atomic mass is 9.86. The van der Waals surface area contributed by atoms with Gasteiger partial charge in [-0.3, -0.25) is 4.21 Å². The Morgan fingerprint density at radius 1 is 1.12 bits per heavy atom. The van der Waals surface area contributed by atoms with Gasteiger partial charge in [0.25, 0.3) is 0 Å². The number of nitrogens with one attached hydrogen (secondary N) is 1. The predicted molar refractivity (Wildman–Crippen MR) is 98.6 cm³/mol. The van der Waals surface area contributed by atoms with Crippen molar-refractivity contribution in [2.75, 3.05) is 23.5 Å². The molecule has 2 heterocycles. The molecule has 2 fully saturated rings. The van der Waals surface area contributed by atoms with E-state index < -0.39 is 10.8 Å². The number of H-pyrrole nitrogens is 1. The highest BCUT2D eigenvalue weighted by molar-refractivity contribution is 7.85. The van der Waals surface area contributed by atoms with E-state index in [1.807, 2.05) is 12.3 Å². The summed E-state index contributed by atoms with van der Waals surface area (Å²) in [5, 5.41) is 1.09. The number of anilines is 1. The number of hydrogen-bond donors (Lipinski definition) is 1. The maximum absolute atomic E-state index is 12.2. The smallest absolute Gasteiger partial charge is 0.142 e. The molecular formula is C18H26N4OS. The zero-order valence-electron chi connectivity index (χ0n) is 14.3. The molecule has 2 aromatic rings. The first-order chi connectivity index (χ1) is 11.7. The second-order valence-electron chi connectivity index (χ2n) is 7.44. The fourth-order valence-corrected chi connectivity index (χ4v) is 5.74. The van der Waals surface area contributed by atoms with E-state index in [2.05, 4.69) is 26.9 Å². The van der Waals surface area contributed by atoms with Crippen molar-refractivity contribution < 1.29 is 4.21 Å². The van der Waals surface area contributed by atoms with Crippen LogP contribution >= 0.6 is 0 Å². The maximum Gasteiger partial charge on any atom is 0.142 e. The van der Waals surface area contributed by atoms with Crippen LogP contribution in [0.3, 0.4) is 0 Å². The van der Waals surface area contributed by atoms with Crippen LogP contribution in [0, 0.1) is 11.8 Å². The van der Waals surface area contributed by atoms with Crippen molar-refractivity contribution in [3.63, 3.8) is 0 Å². The van der Waals surface area contributed by atoms with Gasteiger partial charge in [0.1, 0.15) is 17.8 Å². The fraction of sp³-hybridized carbons (Fsp3) is 0.667. The summed E-state index contributed by atoms with van der Waals surface area (Å²) in [6, 6.07) is 2.57. The van der Waals surface area contributed by atoms with Crippen LogP contribution < -0.4 is 4.90 Å². The number of hydrogen-bond acceptors (Lipinski definition) is 4. The van der Waals surface area contributed by atoms with E-state index in [4.69, 9.17) is 0 Å². The van der Waals surface area contributed by atoms with Gasteiger partial charge in [-0.2, -0.15) is 0 Å². The molecule has 2 aliphatic rings. The zero-order chi connectivity index (χ0) is 16.5. The predicted octanol–water partition coefficient (Wildman–Crippen LogP) is 3.11. The third kappa shape index (κ3) is 3.48. The van der Waals surface area contributed by atoms with Crippen LogP contribution in [0.5, 0.6) is 0 Å². The highest BCUT2D eigenvalue weighted by Gasteiger charge is 2.29. The Kier molecular flexibility index (Phi) is 4.57. The van der Waals surface area contributed by atoms with Crippen LogP contribution in [0.4, 0.5) is 5.82 Å². The molecule has 0 spiro atoms. The van der Waals surface area contributed by atoms with E-state index in [9.17, 15) is 4.21 Å². The lowest BCUT2D eigenvalue weighted by Gasteiger charge is -2.35. The molecule has 0 bridgehead atoms. The van der Waals surface area contributed by atoms with Crippen molar-refractivity contribution in [1.82, 2.24) is 15.0 Å². The summed E-state index contributed by atoms with van der Waals surface area (Å²) in [6.07, 6.45) is 10.9. The lowest BCUT2D eigenvalue weighted by molar-refractivity contribution is 0.343. The number of aromatic nitrogens is 3. The molecule has 1 N–H and O–H groups in total. The summed E-state index contributed by atoms with van der Waals surface area (Å²) in [5.41, 5.74) is 0.899. The Morgan fingerprint density at radius 2 is 1.79 bits per heavy atom. The average molecular weight is 347 g/mol. The molecule has 1 atom stereocenters. The Hall–Kier alpha value is -1.43. The van der Waals surface area contributed by atoms with E-state index >= 15 is 0 Å². The molecular weight excluding hydrogens is 320 g/mol. The molecule has 0 amide bonds. The van der Waals surface area contributed by atoms with Gasteiger partial charge in [-0.05, 0) is 56.4 Å². The average Bonchev–Trinajstić information content (AvgIpc) is 3.26. The lowest BCUT2D eigenvalue weighted by Crippen LogP contribution is -2.36. The van der Waals surface area contributed by atoms with Gasteiger partial charge < -0.3 is 9.88 Å². The number of aromatic amines is 1. The molecule has 0 saturated heterocycles. The summed E-state index contributed by atoms with van der Waals surface area (Å²) in [4.78, 5) is 14.3. The number of fused-ring (bicyclic) bond motifs is 1. The van der Waals surface area contributed by atoms with Gasteiger partial charge in [0.05, 0.1) is 5.39 Å². The van der Waals surface area contributed by atoms with Crippen molar-refractivity contribution in [3.8, 4) is 0 Å². The van der Waals surface area contributed by atoms with Crippen molar-refractivity contribution >= 4 is 27.7 Å². The van der Waals surface area contributed by atoms with Crippen molar-refractivity contribution in [3.05, 3.63) is 18.6 Å². The van der Waals surface area contributed by atoms with Gasteiger partial charge in [0, 0.05) is 41.6 Å². The third-order valence-corrected chi connectivity index (χ3v) is 7.26. The molecule has 0 aliphatic heterocycles. The van der Waals surface area contributed by atoms with Gasteiger partial charge >= 0.3 is 0 Å². The van der Waals surface area contributed by atoms with Crippen molar-refractivity contribution in [2.45, 2.75) is 44.6 Å². The summed E-state index contributed by atoms with van der Waals surface area (Å²) in [5.74, 6) is 4.30. The van der Waals surface area contributed by atoms with Gasteiger partial charge in [-0.25, -0.2) is 9.97 Å². The highest BCUT2D eigenvalue weighted by atomic mass is 32.2. The van der Waals surface area contributed by atoms with Gasteiger partial charge in [-0.15, -0.1) is 0 Å². The molecule has 24 heavy (non-hydrogen) atoms. The van der Waals surface area contributed by atoms with E-state index in [1.165, 1.54) is 25.7 Å². The molecule has 0 aromatic carbocycles. The van der Waals surface area contributed by atoms with Crippen LogP contribution in [-0.4, -0.2) is 43.8 Å². The zero-order valence-corrected chi connectivity index (χ0v) is 15.1. The van der Waals surface area contributed by atoms with Crippen LogP contribution in [0.2, 0.25) is 0 Å². The Morgan fingerprint density at radius 3 is 2.46 bits per heavy atom. The number of nitrogens with zero attached hydrogens (tertiary/aromatic N) is 3. The first-order valence-electron chi connectivity index (χ1n) is 9.06. The SMILES string of the molecule is CN(c1ncnc2[nH]ccc12)C1CCC(CS(=O)CC2CC2)CC1. The fourth-order valence-electron chi connectivity index (χ4n) is 3.89. The molecule has 2 saturated carbocycles. The monoisotopic (exact) mass is 346 g/mol. The highest BCUT2D eigenvalue weighted by Crippen LogP contribution is 2.33. The normalized spacial score (nSPS) is 25.7. The third-order valence-electron chi connectivity index (χ3n) is 5.57. The molecule has 6 heteroatoms. The molecule has 1 unspecified atom stereocenters. The Labute approximate surface area is 145 Å². The first-order valence-corrected chi connectivity index (χ1v) is 10.6. The van der Waals surface area contributed by atoms with Crippen LogP contribution in [-0.2, 0) is 10.8 Å². The number of rotatable bonds is 6. The topological polar surface area (TPSA) is 61.9 Å². The van der Waals surface area contributed by atoms with Crippen LogP contribution in [0.15, 0.2) is 18.6 Å². The summed E-state index contributed by atoms with van der Waals surface area (Å²) in [7, 11) is 1.55. The Bertz CT molecular complexity index is 719. The minimum absolute atomic E-state index is 0.520. The van der Waals surface area contributed by atoms with Crippen molar-refractivity contribution in [2.24, 2.45) is 11.8 Å². The molecule has 0 radical (unpaired) electrons. The second-order valence-corrected chi connectivity index (χ2v) is 8.99. The van der Waals surface area contributed by atoms with Gasteiger partial charge in [-0.1, -0.05) is 0 Å². The standard InChI is InChI=1S/C18H26N4OS/c1-22(18-16-8-9-19-17(16)20-12-21-18)15-6-4-14(5-7-15)11-24(23)10-13-2-3-13/h8-9,12-15H,2-7,10-11H2,1H3,(H,19,20,21). The van der Waals surface area contributed by atoms with Gasteiger partial charge in [0.2, 0.25) is 0 Å². The summed E-state index contributed by atoms with van der Waals surface area (Å²) >= 11 is 0. The quantitative estimate of drug-likeness (QED) is 0.873. The largest absolute Gasteiger partial charge is 0.356 e. The second kappa shape index (κ2) is 6.82. The van der Waals surface area contributed by atoms with Gasteiger partial charge in [0.15, 0.2) is 0 Å². The van der Waals surface area contributed by atoms with Crippen molar-refractivity contribution in [1.29, 1.82) is 0 Å². The molecule has 2 aromatic heterocycles. The summed E-state index contributed by atoms with van der Waals surface area (Å²) < 4.78 is 12.2. The molecule has 5 nitrogen and oxygen atoms in total. The minimum atomic E-state index is -0.595. The molecule has 4 rings (SSSR count). The Balaban J connectivity index is 1.35. The molecule has 2 aliphatic carbocycles.